The zero-order valence-electron chi connectivity index (χ0n) is 13.0. The minimum atomic E-state index is -4.41. The van der Waals surface area contributed by atoms with Crippen molar-refractivity contribution in [2.45, 2.75) is 6.18 Å². The van der Waals surface area contributed by atoms with Gasteiger partial charge in [0.15, 0.2) is 0 Å². The van der Waals surface area contributed by atoms with Crippen molar-refractivity contribution in [1.82, 2.24) is 4.98 Å². The number of hydrogen-bond donors (Lipinski definition) is 1. The summed E-state index contributed by atoms with van der Waals surface area (Å²) in [5.74, 6) is -0.667. The molecule has 0 aliphatic rings. The van der Waals surface area contributed by atoms with Crippen molar-refractivity contribution in [3.8, 4) is 16.9 Å². The third-order valence-electron chi connectivity index (χ3n) is 3.76. The number of hydrogen-bond acceptors (Lipinski definition) is 3. The van der Waals surface area contributed by atoms with Crippen molar-refractivity contribution in [2.75, 3.05) is 7.11 Å². The summed E-state index contributed by atoms with van der Waals surface area (Å²) in [5, 5.41) is 9.61. The number of methoxy groups -OCH3 is 1. The van der Waals surface area contributed by atoms with Crippen LogP contribution in [0.2, 0.25) is 0 Å². The molecule has 128 valence electrons. The Morgan fingerprint density at radius 3 is 2.36 bits per heavy atom. The first-order valence-corrected chi connectivity index (χ1v) is 7.18. The predicted octanol–water partition coefficient (Wildman–Crippen LogP) is 4.63. The molecule has 1 heterocycles. The lowest BCUT2D eigenvalue weighted by atomic mass is 9.99. The number of aromatic carboxylic acids is 1. The van der Waals surface area contributed by atoms with Crippen LogP contribution in [0.5, 0.6) is 5.75 Å². The Hall–Kier alpha value is -3.09. The van der Waals surface area contributed by atoms with Crippen molar-refractivity contribution in [3.63, 3.8) is 0 Å². The number of aromatic nitrogens is 1. The average Bonchev–Trinajstić information content (AvgIpc) is 2.59. The molecule has 0 aliphatic heterocycles. The van der Waals surface area contributed by atoms with E-state index in [0.29, 0.717) is 27.8 Å². The van der Waals surface area contributed by atoms with Gasteiger partial charge in [0.1, 0.15) is 5.75 Å². The van der Waals surface area contributed by atoms with Gasteiger partial charge in [-0.25, -0.2) is 4.79 Å². The smallest absolute Gasteiger partial charge is 0.416 e. The summed E-state index contributed by atoms with van der Waals surface area (Å²) < 4.78 is 43.4. The van der Waals surface area contributed by atoms with Crippen LogP contribution in [0.25, 0.3) is 22.0 Å². The molecule has 1 N–H and O–H groups in total. The van der Waals surface area contributed by atoms with Crippen LogP contribution in [0.4, 0.5) is 13.2 Å². The Labute approximate surface area is 140 Å². The van der Waals surface area contributed by atoms with E-state index < -0.39 is 17.7 Å². The minimum absolute atomic E-state index is 0.0131. The molecule has 0 amide bonds. The lowest BCUT2D eigenvalue weighted by Crippen LogP contribution is -2.04. The van der Waals surface area contributed by atoms with Crippen LogP contribution in [0.3, 0.4) is 0 Å². The van der Waals surface area contributed by atoms with Gasteiger partial charge < -0.3 is 9.84 Å². The molecular formula is C18H12F3NO3. The molecule has 3 aromatic rings. The van der Waals surface area contributed by atoms with Crippen LogP contribution >= 0.6 is 0 Å². The standard InChI is InChI=1S/C18H12F3NO3/c1-25-14-7-11-6-12(17(23)24)9-22-16(11)15(8-14)10-2-4-13(5-3-10)18(19,20)21/h2-9H,1H3,(H,23,24). The highest BCUT2D eigenvalue weighted by Gasteiger charge is 2.30. The van der Waals surface area contributed by atoms with Gasteiger partial charge in [0.25, 0.3) is 0 Å². The average molecular weight is 347 g/mol. The molecule has 0 bridgehead atoms. The van der Waals surface area contributed by atoms with Crippen LogP contribution in [0, 0.1) is 0 Å². The van der Waals surface area contributed by atoms with E-state index in [1.165, 1.54) is 31.5 Å². The number of alkyl halides is 3. The highest BCUT2D eigenvalue weighted by Crippen LogP contribution is 2.35. The van der Waals surface area contributed by atoms with Crippen LogP contribution in [0.15, 0.2) is 48.7 Å². The SMILES string of the molecule is COc1cc(-c2ccc(C(F)(F)F)cc2)c2ncc(C(=O)O)cc2c1. The fourth-order valence-electron chi connectivity index (χ4n) is 2.52. The molecule has 1 aromatic heterocycles. The molecule has 25 heavy (non-hydrogen) atoms. The number of carbonyl (C=O) groups is 1. The normalized spacial score (nSPS) is 11.5. The number of halogens is 3. The van der Waals surface area contributed by atoms with Crippen molar-refractivity contribution >= 4 is 16.9 Å². The van der Waals surface area contributed by atoms with E-state index in [1.54, 1.807) is 12.1 Å². The van der Waals surface area contributed by atoms with E-state index in [-0.39, 0.29) is 5.56 Å². The maximum absolute atomic E-state index is 12.7. The Morgan fingerprint density at radius 1 is 1.12 bits per heavy atom. The quantitative estimate of drug-likeness (QED) is 0.751. The van der Waals surface area contributed by atoms with Crippen molar-refractivity contribution in [1.29, 1.82) is 0 Å². The van der Waals surface area contributed by atoms with Crippen LogP contribution < -0.4 is 4.74 Å². The van der Waals surface area contributed by atoms with Gasteiger partial charge in [-0.05, 0) is 35.9 Å². The number of fused-ring (bicyclic) bond motifs is 1. The van der Waals surface area contributed by atoms with Crippen LogP contribution in [-0.2, 0) is 6.18 Å². The molecule has 0 saturated heterocycles. The van der Waals surface area contributed by atoms with E-state index in [1.807, 2.05) is 0 Å². The molecule has 0 atom stereocenters. The number of nitrogens with zero attached hydrogens (tertiary/aromatic N) is 1. The fraction of sp³-hybridized carbons (Fsp3) is 0.111. The molecule has 0 aliphatic carbocycles. The Balaban J connectivity index is 2.19. The Kier molecular flexibility index (Phi) is 4.08. The van der Waals surface area contributed by atoms with Gasteiger partial charge in [0, 0.05) is 17.1 Å². The maximum Gasteiger partial charge on any atom is 0.416 e. The number of carboxylic acid groups (broad SMARTS) is 1. The summed E-state index contributed by atoms with van der Waals surface area (Å²) in [5.41, 5.74) is 0.821. The maximum atomic E-state index is 12.7. The molecule has 0 fully saturated rings. The molecule has 0 radical (unpaired) electrons. The van der Waals surface area contributed by atoms with Crippen LogP contribution in [0.1, 0.15) is 15.9 Å². The minimum Gasteiger partial charge on any atom is -0.497 e. The lowest BCUT2D eigenvalue weighted by Gasteiger charge is -2.11. The van der Waals surface area contributed by atoms with E-state index in [2.05, 4.69) is 4.98 Å². The van der Waals surface area contributed by atoms with E-state index in [9.17, 15) is 18.0 Å². The molecule has 0 unspecified atom stereocenters. The Bertz CT molecular complexity index is 950. The summed E-state index contributed by atoms with van der Waals surface area (Å²) >= 11 is 0. The molecule has 4 nitrogen and oxygen atoms in total. The van der Waals surface area contributed by atoms with Gasteiger partial charge in [0.2, 0.25) is 0 Å². The van der Waals surface area contributed by atoms with Crippen molar-refractivity contribution in [2.24, 2.45) is 0 Å². The first-order chi connectivity index (χ1) is 11.8. The number of ether oxygens (including phenoxy) is 1. The summed E-state index contributed by atoms with van der Waals surface area (Å²) in [6.45, 7) is 0. The highest BCUT2D eigenvalue weighted by atomic mass is 19.4. The number of benzene rings is 2. The second-order valence-corrected chi connectivity index (χ2v) is 5.35. The summed E-state index contributed by atoms with van der Waals surface area (Å²) in [6.07, 6.45) is -3.20. The molecule has 0 saturated carbocycles. The van der Waals surface area contributed by atoms with E-state index in [0.717, 1.165) is 12.1 Å². The number of carboxylic acids is 1. The van der Waals surface area contributed by atoms with Gasteiger partial charge >= 0.3 is 12.1 Å². The highest BCUT2D eigenvalue weighted by molar-refractivity contribution is 5.99. The summed E-state index contributed by atoms with van der Waals surface area (Å²) in [7, 11) is 1.45. The van der Waals surface area contributed by atoms with Gasteiger partial charge in [-0.2, -0.15) is 13.2 Å². The first kappa shape index (κ1) is 16.8. The third kappa shape index (κ3) is 3.26. The molecular weight excluding hydrogens is 335 g/mol. The topological polar surface area (TPSA) is 59.4 Å². The third-order valence-corrected chi connectivity index (χ3v) is 3.76. The van der Waals surface area contributed by atoms with Gasteiger partial charge in [0.05, 0.1) is 23.8 Å². The molecule has 3 rings (SSSR count). The largest absolute Gasteiger partial charge is 0.497 e. The number of pyridine rings is 1. The summed E-state index contributed by atoms with van der Waals surface area (Å²) in [4.78, 5) is 15.3. The molecule has 2 aromatic carbocycles. The van der Waals surface area contributed by atoms with E-state index >= 15 is 0 Å². The zero-order valence-corrected chi connectivity index (χ0v) is 13.0. The second kappa shape index (κ2) is 6.08. The first-order valence-electron chi connectivity index (χ1n) is 7.18. The monoisotopic (exact) mass is 347 g/mol. The zero-order chi connectivity index (χ0) is 18.2. The Morgan fingerprint density at radius 2 is 1.80 bits per heavy atom. The van der Waals surface area contributed by atoms with E-state index in [4.69, 9.17) is 9.84 Å². The van der Waals surface area contributed by atoms with Gasteiger partial charge in [-0.15, -0.1) is 0 Å². The van der Waals surface area contributed by atoms with Crippen LogP contribution in [-0.4, -0.2) is 23.2 Å². The van der Waals surface area contributed by atoms with Gasteiger partial charge in [-0.3, -0.25) is 4.98 Å². The number of rotatable bonds is 3. The predicted molar refractivity (Wildman–Crippen MR) is 85.7 cm³/mol. The van der Waals surface area contributed by atoms with Gasteiger partial charge in [-0.1, -0.05) is 12.1 Å². The molecule has 7 heteroatoms. The summed E-state index contributed by atoms with van der Waals surface area (Å²) in [6, 6.07) is 9.41. The fourth-order valence-corrected chi connectivity index (χ4v) is 2.52. The second-order valence-electron chi connectivity index (χ2n) is 5.35. The van der Waals surface area contributed by atoms with Crippen molar-refractivity contribution < 1.29 is 27.8 Å². The van der Waals surface area contributed by atoms with Crippen molar-refractivity contribution in [3.05, 3.63) is 59.8 Å². The molecule has 0 spiro atoms. The lowest BCUT2D eigenvalue weighted by molar-refractivity contribution is -0.137.